The SMILES string of the molecule is Cc1ccc(-n2nc(C)c(NC(=O)c3ccc4noc(-c5ccccc5)c4c3)c2C)cc1. The quantitative estimate of drug-likeness (QED) is 0.394. The topological polar surface area (TPSA) is 73.0 Å². The molecule has 0 saturated carbocycles. The number of nitrogens with zero attached hydrogens (tertiary/aromatic N) is 3. The number of hydrogen-bond acceptors (Lipinski definition) is 4. The second-order valence-corrected chi connectivity index (χ2v) is 7.86. The maximum atomic E-state index is 13.1. The molecule has 0 radical (unpaired) electrons. The van der Waals surface area contributed by atoms with Crippen molar-refractivity contribution >= 4 is 22.5 Å². The van der Waals surface area contributed by atoms with Crippen LogP contribution in [0.25, 0.3) is 27.9 Å². The Morgan fingerprint density at radius 1 is 0.938 bits per heavy atom. The lowest BCUT2D eigenvalue weighted by molar-refractivity contribution is 0.102. The molecule has 1 N–H and O–H groups in total. The van der Waals surface area contributed by atoms with Crippen molar-refractivity contribution in [3.05, 3.63) is 95.3 Å². The minimum atomic E-state index is -0.207. The number of carbonyl (C=O) groups is 1. The Hall–Kier alpha value is -4.19. The second-order valence-electron chi connectivity index (χ2n) is 7.86. The first-order chi connectivity index (χ1) is 15.5. The maximum Gasteiger partial charge on any atom is 0.255 e. The predicted octanol–water partition coefficient (Wildman–Crippen LogP) is 5.86. The van der Waals surface area contributed by atoms with Gasteiger partial charge in [0.2, 0.25) is 0 Å². The van der Waals surface area contributed by atoms with Gasteiger partial charge in [-0.15, -0.1) is 0 Å². The van der Waals surface area contributed by atoms with Gasteiger partial charge in [-0.05, 0) is 51.1 Å². The molecule has 5 aromatic rings. The number of amides is 1. The van der Waals surface area contributed by atoms with Gasteiger partial charge in [-0.1, -0.05) is 53.2 Å². The average Bonchev–Trinajstić information content (AvgIpc) is 3.36. The monoisotopic (exact) mass is 422 g/mol. The Morgan fingerprint density at radius 2 is 1.69 bits per heavy atom. The van der Waals surface area contributed by atoms with Gasteiger partial charge in [0.15, 0.2) is 5.76 Å². The van der Waals surface area contributed by atoms with E-state index in [-0.39, 0.29) is 5.91 Å². The number of benzene rings is 3. The van der Waals surface area contributed by atoms with Crippen molar-refractivity contribution in [2.45, 2.75) is 20.8 Å². The molecule has 0 fully saturated rings. The maximum absolute atomic E-state index is 13.1. The molecule has 1 amide bonds. The van der Waals surface area contributed by atoms with Crippen LogP contribution in [0.4, 0.5) is 5.69 Å². The number of anilines is 1. The summed E-state index contributed by atoms with van der Waals surface area (Å²) in [6, 6.07) is 23.2. The zero-order valence-corrected chi connectivity index (χ0v) is 18.1. The number of carbonyl (C=O) groups excluding carboxylic acids is 1. The van der Waals surface area contributed by atoms with Gasteiger partial charge in [0.25, 0.3) is 5.91 Å². The van der Waals surface area contributed by atoms with E-state index in [4.69, 9.17) is 4.52 Å². The van der Waals surface area contributed by atoms with Gasteiger partial charge < -0.3 is 9.84 Å². The average molecular weight is 422 g/mol. The molecule has 0 aliphatic carbocycles. The molecule has 32 heavy (non-hydrogen) atoms. The third-order valence-electron chi connectivity index (χ3n) is 5.58. The number of nitrogens with one attached hydrogen (secondary N) is 1. The van der Waals surface area contributed by atoms with Crippen molar-refractivity contribution in [2.75, 3.05) is 5.32 Å². The lowest BCUT2D eigenvalue weighted by atomic mass is 10.1. The first kappa shape index (κ1) is 19.8. The molecule has 2 heterocycles. The first-order valence-electron chi connectivity index (χ1n) is 10.4. The van der Waals surface area contributed by atoms with E-state index in [1.54, 1.807) is 12.1 Å². The molecule has 0 unspecified atom stereocenters. The highest BCUT2D eigenvalue weighted by atomic mass is 16.5. The molecule has 0 aliphatic heterocycles. The lowest BCUT2D eigenvalue weighted by Gasteiger charge is -2.08. The Balaban J connectivity index is 1.47. The third-order valence-corrected chi connectivity index (χ3v) is 5.58. The molecule has 0 aliphatic rings. The number of aromatic nitrogens is 3. The van der Waals surface area contributed by atoms with Gasteiger partial charge in [0.1, 0.15) is 5.52 Å². The van der Waals surface area contributed by atoms with Crippen molar-refractivity contribution in [3.8, 4) is 17.0 Å². The predicted molar refractivity (Wildman–Crippen MR) is 125 cm³/mol. The van der Waals surface area contributed by atoms with Crippen LogP contribution < -0.4 is 5.32 Å². The molecule has 158 valence electrons. The minimum absolute atomic E-state index is 0.207. The van der Waals surface area contributed by atoms with Gasteiger partial charge in [0, 0.05) is 11.1 Å². The van der Waals surface area contributed by atoms with Crippen molar-refractivity contribution in [1.82, 2.24) is 14.9 Å². The fourth-order valence-electron chi connectivity index (χ4n) is 3.83. The lowest BCUT2D eigenvalue weighted by Crippen LogP contribution is -2.13. The highest BCUT2D eigenvalue weighted by Crippen LogP contribution is 2.30. The van der Waals surface area contributed by atoms with Crippen LogP contribution in [0.1, 0.15) is 27.3 Å². The van der Waals surface area contributed by atoms with Crippen LogP contribution in [0.15, 0.2) is 77.3 Å². The largest absolute Gasteiger partial charge is 0.355 e. The molecule has 2 aromatic heterocycles. The molecule has 3 aromatic carbocycles. The van der Waals surface area contributed by atoms with E-state index in [9.17, 15) is 4.79 Å². The first-order valence-corrected chi connectivity index (χ1v) is 10.4. The minimum Gasteiger partial charge on any atom is -0.355 e. The standard InChI is InChI=1S/C26H22N4O2/c1-16-9-12-21(13-10-16)30-18(3)24(17(2)28-30)27-26(31)20-11-14-23-22(15-20)25(32-29-23)19-7-5-4-6-8-19/h4-15H,1-3H3,(H,27,31). The Labute approximate surface area is 185 Å². The molecule has 0 spiro atoms. The molecule has 6 nitrogen and oxygen atoms in total. The highest BCUT2D eigenvalue weighted by Gasteiger charge is 2.18. The second kappa shape index (κ2) is 7.81. The summed E-state index contributed by atoms with van der Waals surface area (Å²) < 4.78 is 7.41. The number of fused-ring (bicyclic) bond motifs is 1. The van der Waals surface area contributed by atoms with Crippen LogP contribution in [0.3, 0.4) is 0 Å². The molecule has 0 saturated heterocycles. The molecular weight excluding hydrogens is 400 g/mol. The summed E-state index contributed by atoms with van der Waals surface area (Å²) in [5.41, 5.74) is 6.63. The van der Waals surface area contributed by atoms with Crippen LogP contribution in [0, 0.1) is 20.8 Å². The summed E-state index contributed by atoms with van der Waals surface area (Å²) in [6.07, 6.45) is 0. The summed E-state index contributed by atoms with van der Waals surface area (Å²) in [7, 11) is 0. The van der Waals surface area contributed by atoms with Crippen LogP contribution in [-0.2, 0) is 0 Å². The van der Waals surface area contributed by atoms with Gasteiger partial charge in [-0.25, -0.2) is 4.68 Å². The molecular formula is C26H22N4O2. The Kier molecular flexibility index (Phi) is 4.82. The van der Waals surface area contributed by atoms with E-state index in [0.29, 0.717) is 22.5 Å². The third kappa shape index (κ3) is 3.46. The number of rotatable bonds is 4. The van der Waals surface area contributed by atoms with E-state index in [1.807, 2.05) is 86.1 Å². The smallest absolute Gasteiger partial charge is 0.255 e. The van der Waals surface area contributed by atoms with Crippen LogP contribution in [-0.4, -0.2) is 20.8 Å². The molecule has 0 bridgehead atoms. The zero-order valence-electron chi connectivity index (χ0n) is 18.1. The summed E-state index contributed by atoms with van der Waals surface area (Å²) in [5.74, 6) is 0.441. The number of aryl methyl sites for hydroxylation is 2. The molecule has 0 atom stereocenters. The fourth-order valence-corrected chi connectivity index (χ4v) is 3.83. The highest BCUT2D eigenvalue weighted by molar-refractivity contribution is 6.07. The number of hydrogen-bond donors (Lipinski definition) is 1. The van der Waals surface area contributed by atoms with E-state index >= 15 is 0 Å². The van der Waals surface area contributed by atoms with Crippen LogP contribution in [0.5, 0.6) is 0 Å². The molecule has 6 heteroatoms. The summed E-state index contributed by atoms with van der Waals surface area (Å²) in [6.45, 7) is 5.89. The van der Waals surface area contributed by atoms with Crippen molar-refractivity contribution < 1.29 is 9.32 Å². The summed E-state index contributed by atoms with van der Waals surface area (Å²) in [4.78, 5) is 13.1. The Bertz CT molecular complexity index is 1430. The van der Waals surface area contributed by atoms with Gasteiger partial charge >= 0.3 is 0 Å². The van der Waals surface area contributed by atoms with Gasteiger partial charge in [-0.3, -0.25) is 4.79 Å². The van der Waals surface area contributed by atoms with E-state index in [0.717, 1.165) is 28.0 Å². The zero-order chi connectivity index (χ0) is 22.2. The van der Waals surface area contributed by atoms with E-state index < -0.39 is 0 Å². The summed E-state index contributed by atoms with van der Waals surface area (Å²) >= 11 is 0. The van der Waals surface area contributed by atoms with Gasteiger partial charge in [-0.2, -0.15) is 5.10 Å². The fraction of sp³-hybridized carbons (Fsp3) is 0.115. The van der Waals surface area contributed by atoms with E-state index in [1.165, 1.54) is 5.56 Å². The Morgan fingerprint density at radius 3 is 2.44 bits per heavy atom. The molecule has 5 rings (SSSR count). The normalized spacial score (nSPS) is 11.1. The van der Waals surface area contributed by atoms with Crippen molar-refractivity contribution in [2.24, 2.45) is 0 Å². The van der Waals surface area contributed by atoms with Gasteiger partial charge in [0.05, 0.1) is 28.1 Å². The van der Waals surface area contributed by atoms with Crippen LogP contribution >= 0.6 is 0 Å². The van der Waals surface area contributed by atoms with Crippen LogP contribution in [0.2, 0.25) is 0 Å². The van der Waals surface area contributed by atoms with E-state index in [2.05, 4.69) is 15.6 Å². The van der Waals surface area contributed by atoms with Crippen molar-refractivity contribution in [3.63, 3.8) is 0 Å². The summed E-state index contributed by atoms with van der Waals surface area (Å²) in [5, 5.41) is 12.6. The van der Waals surface area contributed by atoms with Crippen molar-refractivity contribution in [1.29, 1.82) is 0 Å².